The summed E-state index contributed by atoms with van der Waals surface area (Å²) in [5.74, 6) is -0.249. The summed E-state index contributed by atoms with van der Waals surface area (Å²) < 4.78 is 0. The quantitative estimate of drug-likeness (QED) is 0.414. The lowest BCUT2D eigenvalue weighted by Gasteiger charge is -2.29. The highest BCUT2D eigenvalue weighted by atomic mass is 16.2. The summed E-state index contributed by atoms with van der Waals surface area (Å²) in [5, 5.41) is 2.95. The van der Waals surface area contributed by atoms with Gasteiger partial charge in [-0.05, 0) is 81.8 Å². The number of nitrogens with one attached hydrogen (secondary N) is 1. The number of likely N-dealkylation sites (tertiary alicyclic amines) is 2. The number of imide groups is 2. The molecule has 8 heteroatoms. The van der Waals surface area contributed by atoms with E-state index in [1.54, 1.807) is 0 Å². The van der Waals surface area contributed by atoms with Crippen molar-refractivity contribution in [3.63, 3.8) is 0 Å². The summed E-state index contributed by atoms with van der Waals surface area (Å²) >= 11 is 0. The molecule has 224 valence electrons. The van der Waals surface area contributed by atoms with Crippen LogP contribution in [0.3, 0.4) is 0 Å². The minimum Gasteiger partial charge on any atom is -0.351 e. The normalized spacial score (nSPS) is 14.3. The van der Waals surface area contributed by atoms with Crippen molar-refractivity contribution in [3.8, 4) is 0 Å². The van der Waals surface area contributed by atoms with E-state index >= 15 is 0 Å². The maximum Gasteiger partial charge on any atom is 0.324 e. The Morgan fingerprint density at radius 2 is 1.19 bits per heavy atom. The molecule has 0 spiro atoms. The van der Waals surface area contributed by atoms with Crippen LogP contribution in [0.15, 0.2) is 68.3 Å². The zero-order valence-corrected chi connectivity index (χ0v) is 25.6. The zero-order valence-electron chi connectivity index (χ0n) is 25.6. The van der Waals surface area contributed by atoms with E-state index in [1.165, 1.54) is 16.0 Å². The first-order chi connectivity index (χ1) is 19.6. The van der Waals surface area contributed by atoms with Crippen molar-refractivity contribution in [1.82, 2.24) is 15.1 Å². The topological polar surface area (TPSA) is 113 Å². The molecular formula is C34H44N4O4. The minimum absolute atomic E-state index is 0.0982. The van der Waals surface area contributed by atoms with Gasteiger partial charge in [-0.15, -0.1) is 0 Å². The SMILES string of the molecule is C=C(C)c1cccc(C(=C)C)c1.C=C(C)c1cccc(C(C)(C)NC(=O)N2CCCC2=O)c1.NC(=O)N1CCCC1=O. The molecule has 0 aliphatic carbocycles. The summed E-state index contributed by atoms with van der Waals surface area (Å²) in [6.07, 6.45) is 2.42. The molecule has 4 rings (SSSR count). The van der Waals surface area contributed by atoms with Crippen LogP contribution in [0.1, 0.15) is 82.6 Å². The van der Waals surface area contributed by atoms with Gasteiger partial charge in [0.05, 0.1) is 5.54 Å². The second-order valence-electron chi connectivity index (χ2n) is 11.2. The second-order valence-corrected chi connectivity index (χ2v) is 11.2. The number of primary amides is 1. The van der Waals surface area contributed by atoms with Gasteiger partial charge in [-0.3, -0.25) is 19.4 Å². The predicted octanol–water partition coefficient (Wildman–Crippen LogP) is 6.73. The molecule has 0 saturated carbocycles. The lowest BCUT2D eigenvalue weighted by molar-refractivity contribution is -0.126. The van der Waals surface area contributed by atoms with Gasteiger partial charge < -0.3 is 11.1 Å². The Labute approximate surface area is 250 Å². The summed E-state index contributed by atoms with van der Waals surface area (Å²) in [5.41, 5.74) is 11.9. The Bertz CT molecular complexity index is 1350. The van der Waals surface area contributed by atoms with Crippen molar-refractivity contribution in [2.45, 2.75) is 65.8 Å². The van der Waals surface area contributed by atoms with Crippen molar-refractivity contribution in [2.75, 3.05) is 13.1 Å². The third-order valence-electron chi connectivity index (χ3n) is 7.00. The maximum absolute atomic E-state index is 12.2. The Kier molecular flexibility index (Phi) is 12.0. The van der Waals surface area contributed by atoms with E-state index in [0.717, 1.165) is 45.6 Å². The fraction of sp³-hybridized carbons (Fsp3) is 0.353. The molecule has 0 atom stereocenters. The summed E-state index contributed by atoms with van der Waals surface area (Å²) in [6, 6.07) is 15.3. The van der Waals surface area contributed by atoms with Crippen LogP contribution in [0.5, 0.6) is 0 Å². The molecule has 0 radical (unpaired) electrons. The number of nitrogens with zero attached hydrogens (tertiary/aromatic N) is 2. The average molecular weight is 573 g/mol. The highest BCUT2D eigenvalue weighted by Gasteiger charge is 2.31. The molecular weight excluding hydrogens is 528 g/mol. The predicted molar refractivity (Wildman–Crippen MR) is 170 cm³/mol. The number of hydrogen-bond donors (Lipinski definition) is 2. The molecule has 2 fully saturated rings. The van der Waals surface area contributed by atoms with Gasteiger partial charge in [-0.2, -0.15) is 0 Å². The van der Waals surface area contributed by atoms with Crippen molar-refractivity contribution in [2.24, 2.45) is 5.73 Å². The fourth-order valence-electron chi connectivity index (χ4n) is 4.37. The minimum atomic E-state index is -0.627. The fourth-order valence-corrected chi connectivity index (χ4v) is 4.37. The van der Waals surface area contributed by atoms with Crippen molar-refractivity contribution < 1.29 is 19.2 Å². The average Bonchev–Trinajstić information content (AvgIpc) is 3.57. The molecule has 8 nitrogen and oxygen atoms in total. The largest absolute Gasteiger partial charge is 0.351 e. The van der Waals surface area contributed by atoms with Crippen LogP contribution in [0.4, 0.5) is 9.59 Å². The monoisotopic (exact) mass is 572 g/mol. The third-order valence-corrected chi connectivity index (χ3v) is 7.00. The van der Waals surface area contributed by atoms with Crippen LogP contribution >= 0.6 is 0 Å². The summed E-state index contributed by atoms with van der Waals surface area (Å²) in [4.78, 5) is 47.2. The Balaban J connectivity index is 0.000000247. The lowest BCUT2D eigenvalue weighted by Crippen LogP contribution is -2.48. The standard InChI is InChI=1S/C17H22N2O2.C12H14.C5H8N2O2/c1-12(2)13-7-5-8-14(11-13)17(3,4)18-16(21)19-10-6-9-15(19)20;1-9(2)11-6-5-7-12(8-11)10(3)4;6-5(9)7-3-1-2-4(7)8/h5,7-8,11H,1,6,9-10H2,2-4H3,(H,18,21);5-8H,1,3H2,2,4H3;1-3H2,(H2,6,9). The van der Waals surface area contributed by atoms with E-state index in [-0.39, 0.29) is 17.8 Å². The first-order valence-corrected chi connectivity index (χ1v) is 14.0. The maximum atomic E-state index is 12.2. The third kappa shape index (κ3) is 9.58. The van der Waals surface area contributed by atoms with Gasteiger partial charge >= 0.3 is 12.1 Å². The number of allylic oxidation sites excluding steroid dienone is 3. The van der Waals surface area contributed by atoms with Crippen molar-refractivity contribution >= 4 is 40.6 Å². The first-order valence-electron chi connectivity index (χ1n) is 14.0. The molecule has 6 amide bonds. The van der Waals surface area contributed by atoms with E-state index in [9.17, 15) is 19.2 Å². The van der Waals surface area contributed by atoms with Crippen LogP contribution < -0.4 is 11.1 Å². The van der Waals surface area contributed by atoms with Gasteiger partial charge in [0, 0.05) is 25.9 Å². The Morgan fingerprint density at radius 1 is 0.762 bits per heavy atom. The number of carbonyl (C=O) groups is 4. The number of rotatable bonds is 5. The molecule has 42 heavy (non-hydrogen) atoms. The number of amides is 6. The van der Waals surface area contributed by atoms with Gasteiger partial charge in [0.15, 0.2) is 0 Å². The molecule has 2 saturated heterocycles. The van der Waals surface area contributed by atoms with E-state index in [1.807, 2.05) is 65.0 Å². The number of urea groups is 2. The molecule has 2 heterocycles. The smallest absolute Gasteiger partial charge is 0.324 e. The molecule has 2 aliphatic heterocycles. The Hall–Kier alpha value is -4.46. The van der Waals surface area contributed by atoms with Crippen LogP contribution in [-0.4, -0.2) is 46.8 Å². The molecule has 0 bridgehead atoms. The number of nitrogens with two attached hydrogens (primary N) is 1. The Morgan fingerprint density at radius 3 is 1.57 bits per heavy atom. The molecule has 3 N–H and O–H groups in total. The molecule has 2 aliphatic rings. The van der Waals surface area contributed by atoms with E-state index in [4.69, 9.17) is 5.73 Å². The molecule has 2 aromatic carbocycles. The summed E-state index contributed by atoms with van der Waals surface area (Å²) in [6.45, 7) is 22.6. The molecule has 2 aromatic rings. The van der Waals surface area contributed by atoms with Gasteiger partial charge in [0.2, 0.25) is 11.8 Å². The number of carbonyl (C=O) groups excluding carboxylic acids is 4. The van der Waals surface area contributed by atoms with E-state index < -0.39 is 11.6 Å². The van der Waals surface area contributed by atoms with Crippen LogP contribution in [0, 0.1) is 0 Å². The van der Waals surface area contributed by atoms with Crippen LogP contribution in [0.2, 0.25) is 0 Å². The number of benzene rings is 2. The van der Waals surface area contributed by atoms with Crippen LogP contribution in [-0.2, 0) is 15.1 Å². The first kappa shape index (κ1) is 33.7. The van der Waals surface area contributed by atoms with Crippen LogP contribution in [0.25, 0.3) is 16.7 Å². The van der Waals surface area contributed by atoms with Gasteiger partial charge in [-0.1, -0.05) is 72.9 Å². The lowest BCUT2D eigenvalue weighted by atomic mass is 9.92. The van der Waals surface area contributed by atoms with E-state index in [0.29, 0.717) is 25.9 Å². The van der Waals surface area contributed by atoms with Crippen molar-refractivity contribution in [1.29, 1.82) is 0 Å². The highest BCUT2D eigenvalue weighted by molar-refractivity contribution is 5.96. The van der Waals surface area contributed by atoms with Gasteiger partial charge in [0.1, 0.15) is 0 Å². The molecule has 0 unspecified atom stereocenters. The summed E-state index contributed by atoms with van der Waals surface area (Å²) in [7, 11) is 0. The highest BCUT2D eigenvalue weighted by Crippen LogP contribution is 2.24. The van der Waals surface area contributed by atoms with Gasteiger partial charge in [-0.25, -0.2) is 9.59 Å². The zero-order chi connectivity index (χ0) is 31.6. The van der Waals surface area contributed by atoms with Gasteiger partial charge in [0.25, 0.3) is 0 Å². The number of hydrogen-bond acceptors (Lipinski definition) is 4. The van der Waals surface area contributed by atoms with Crippen molar-refractivity contribution in [3.05, 3.63) is 90.5 Å². The molecule has 0 aromatic heterocycles. The van der Waals surface area contributed by atoms with E-state index in [2.05, 4.69) is 43.3 Å². The second kappa shape index (κ2) is 15.0.